The molecule has 0 spiro atoms. The summed E-state index contributed by atoms with van der Waals surface area (Å²) in [5.74, 6) is -0.838. The number of nitrogens with one attached hydrogen (secondary N) is 1. The maximum absolute atomic E-state index is 13.9. The second-order valence-corrected chi connectivity index (χ2v) is 7.31. The smallest absolute Gasteiger partial charge is 0.348 e. The van der Waals surface area contributed by atoms with Gasteiger partial charge in [-0.15, -0.1) is 0 Å². The van der Waals surface area contributed by atoms with Gasteiger partial charge in [0.05, 0.1) is 24.0 Å². The van der Waals surface area contributed by atoms with Gasteiger partial charge in [0, 0.05) is 18.9 Å². The van der Waals surface area contributed by atoms with Gasteiger partial charge in [-0.3, -0.25) is 9.48 Å². The molecule has 2 heterocycles. The van der Waals surface area contributed by atoms with Crippen LogP contribution in [0.4, 0.5) is 13.2 Å². The van der Waals surface area contributed by atoms with Crippen LogP contribution in [0.1, 0.15) is 32.7 Å². The molecule has 9 heteroatoms. The number of rotatable bonds is 6. The Morgan fingerprint density at radius 3 is 2.53 bits per heavy atom. The zero-order valence-corrected chi connectivity index (χ0v) is 17.2. The van der Waals surface area contributed by atoms with E-state index in [4.69, 9.17) is 0 Å². The molecule has 6 nitrogen and oxygen atoms in total. The third-order valence-corrected chi connectivity index (χ3v) is 4.97. The Morgan fingerprint density at radius 1 is 1.03 bits per heavy atom. The van der Waals surface area contributed by atoms with Crippen molar-refractivity contribution in [3.63, 3.8) is 0 Å². The number of hydrogen-bond acceptors (Lipinski definition) is 3. The van der Waals surface area contributed by atoms with Gasteiger partial charge >= 0.3 is 6.18 Å². The summed E-state index contributed by atoms with van der Waals surface area (Å²) in [7, 11) is 0. The summed E-state index contributed by atoms with van der Waals surface area (Å²) in [5, 5.41) is 10.6. The van der Waals surface area contributed by atoms with Crippen LogP contribution in [0.15, 0.2) is 73.2 Å². The quantitative estimate of drug-likeness (QED) is 0.485. The van der Waals surface area contributed by atoms with E-state index in [0.29, 0.717) is 12.1 Å². The van der Waals surface area contributed by atoms with Crippen molar-refractivity contribution >= 4 is 5.91 Å². The highest BCUT2D eigenvalue weighted by atomic mass is 19.4. The van der Waals surface area contributed by atoms with Crippen LogP contribution in [-0.4, -0.2) is 25.5 Å². The van der Waals surface area contributed by atoms with Crippen LogP contribution >= 0.6 is 0 Å². The number of aryl methyl sites for hydroxylation is 1. The molecule has 2 aromatic heterocycles. The Kier molecular flexibility index (Phi) is 5.81. The SMILES string of the molecule is Cc1ccccc1-n1ncc(C(=O)NCc2cccc(Cn3cccn3)c2)c1C(F)(F)F. The Labute approximate surface area is 182 Å². The number of para-hydroxylation sites is 1. The molecule has 4 aromatic rings. The fourth-order valence-electron chi connectivity index (χ4n) is 3.47. The molecular weight excluding hydrogens is 419 g/mol. The van der Waals surface area contributed by atoms with Crippen molar-refractivity contribution in [1.82, 2.24) is 24.9 Å². The van der Waals surface area contributed by atoms with E-state index < -0.39 is 23.3 Å². The van der Waals surface area contributed by atoms with Crippen LogP contribution in [0.25, 0.3) is 5.69 Å². The molecule has 0 aliphatic rings. The minimum atomic E-state index is -4.75. The number of halogens is 3. The lowest BCUT2D eigenvalue weighted by Gasteiger charge is -2.14. The van der Waals surface area contributed by atoms with Crippen LogP contribution < -0.4 is 5.32 Å². The lowest BCUT2D eigenvalue weighted by Crippen LogP contribution is -2.26. The van der Waals surface area contributed by atoms with E-state index in [9.17, 15) is 18.0 Å². The summed E-state index contributed by atoms with van der Waals surface area (Å²) in [6.45, 7) is 2.32. The Bertz CT molecular complexity index is 1230. The van der Waals surface area contributed by atoms with Gasteiger partial charge in [0.1, 0.15) is 0 Å². The molecule has 0 bridgehead atoms. The Balaban J connectivity index is 1.55. The van der Waals surface area contributed by atoms with Crippen molar-refractivity contribution in [3.8, 4) is 5.69 Å². The van der Waals surface area contributed by atoms with Gasteiger partial charge in [-0.2, -0.15) is 23.4 Å². The Morgan fingerprint density at radius 2 is 1.81 bits per heavy atom. The molecule has 0 aliphatic heterocycles. The summed E-state index contributed by atoms with van der Waals surface area (Å²) in [6, 6.07) is 15.8. The summed E-state index contributed by atoms with van der Waals surface area (Å²) in [6.07, 6.45) is -0.285. The summed E-state index contributed by atoms with van der Waals surface area (Å²) in [5.41, 5.74) is 0.990. The molecular formula is C23H20F3N5O. The first kappa shape index (κ1) is 21.4. The molecule has 32 heavy (non-hydrogen) atoms. The van der Waals surface area contributed by atoms with Gasteiger partial charge in [-0.1, -0.05) is 42.5 Å². The van der Waals surface area contributed by atoms with Crippen molar-refractivity contribution in [2.45, 2.75) is 26.2 Å². The molecule has 0 unspecified atom stereocenters. The van der Waals surface area contributed by atoms with Crippen molar-refractivity contribution in [2.24, 2.45) is 0 Å². The topological polar surface area (TPSA) is 64.7 Å². The van der Waals surface area contributed by atoms with E-state index in [1.54, 1.807) is 42.1 Å². The highest BCUT2D eigenvalue weighted by molar-refractivity contribution is 5.95. The number of aromatic nitrogens is 4. The molecule has 0 saturated carbocycles. The van der Waals surface area contributed by atoms with Gasteiger partial charge in [0.2, 0.25) is 0 Å². The third kappa shape index (κ3) is 4.56. The fourth-order valence-corrected chi connectivity index (χ4v) is 3.47. The van der Waals surface area contributed by atoms with Crippen LogP contribution in [0, 0.1) is 6.92 Å². The van der Waals surface area contributed by atoms with Crippen LogP contribution in [0.5, 0.6) is 0 Å². The lowest BCUT2D eigenvalue weighted by molar-refractivity contribution is -0.143. The predicted molar refractivity (Wildman–Crippen MR) is 112 cm³/mol. The fraction of sp³-hybridized carbons (Fsp3) is 0.174. The predicted octanol–water partition coefficient (Wildman–Crippen LogP) is 4.37. The molecule has 0 saturated heterocycles. The third-order valence-electron chi connectivity index (χ3n) is 4.97. The molecule has 0 radical (unpaired) electrons. The molecule has 1 N–H and O–H groups in total. The minimum absolute atomic E-state index is 0.0820. The molecule has 0 atom stereocenters. The number of alkyl halides is 3. The molecule has 0 fully saturated rings. The average molecular weight is 439 g/mol. The van der Waals surface area contributed by atoms with E-state index in [0.717, 1.165) is 22.0 Å². The lowest BCUT2D eigenvalue weighted by atomic mass is 10.1. The number of carbonyl (C=O) groups excluding carboxylic acids is 1. The Hall–Kier alpha value is -3.88. The normalized spacial score (nSPS) is 11.5. The monoisotopic (exact) mass is 439 g/mol. The van der Waals surface area contributed by atoms with Gasteiger partial charge in [-0.05, 0) is 35.7 Å². The van der Waals surface area contributed by atoms with E-state index in [1.165, 1.54) is 6.07 Å². The second-order valence-electron chi connectivity index (χ2n) is 7.31. The number of nitrogens with zero attached hydrogens (tertiary/aromatic N) is 4. The maximum atomic E-state index is 13.9. The van der Waals surface area contributed by atoms with Crippen molar-refractivity contribution in [1.29, 1.82) is 0 Å². The first-order chi connectivity index (χ1) is 15.3. The van der Waals surface area contributed by atoms with Gasteiger partial charge in [0.25, 0.3) is 5.91 Å². The summed E-state index contributed by atoms with van der Waals surface area (Å²) in [4.78, 5) is 12.7. The average Bonchev–Trinajstić information content (AvgIpc) is 3.42. The van der Waals surface area contributed by atoms with Crippen molar-refractivity contribution in [3.05, 3.63) is 101 Å². The molecule has 0 aliphatic carbocycles. The standard InChI is InChI=1S/C23H20F3N5O/c1-16-6-2-3-9-20(16)31-21(23(24,25)26)19(14-29-31)22(32)27-13-17-7-4-8-18(12-17)15-30-11-5-10-28-30/h2-12,14H,13,15H2,1H3,(H,27,32). The number of hydrogen-bond donors (Lipinski definition) is 1. The maximum Gasteiger partial charge on any atom is 0.434 e. The van der Waals surface area contributed by atoms with Crippen molar-refractivity contribution in [2.75, 3.05) is 0 Å². The molecule has 2 aromatic carbocycles. The molecule has 164 valence electrons. The largest absolute Gasteiger partial charge is 0.434 e. The zero-order valence-electron chi connectivity index (χ0n) is 17.2. The van der Waals surface area contributed by atoms with Gasteiger partial charge < -0.3 is 5.32 Å². The first-order valence-corrected chi connectivity index (χ1v) is 9.87. The van der Waals surface area contributed by atoms with E-state index in [2.05, 4.69) is 15.5 Å². The number of amides is 1. The summed E-state index contributed by atoms with van der Waals surface area (Å²) >= 11 is 0. The van der Waals surface area contributed by atoms with Gasteiger partial charge in [-0.25, -0.2) is 4.68 Å². The zero-order chi connectivity index (χ0) is 22.7. The number of benzene rings is 2. The van der Waals surface area contributed by atoms with Crippen LogP contribution in [0.3, 0.4) is 0 Å². The van der Waals surface area contributed by atoms with Crippen molar-refractivity contribution < 1.29 is 18.0 Å². The highest BCUT2D eigenvalue weighted by Crippen LogP contribution is 2.34. The molecule has 1 amide bonds. The first-order valence-electron chi connectivity index (χ1n) is 9.87. The van der Waals surface area contributed by atoms with E-state index in [-0.39, 0.29) is 12.2 Å². The van der Waals surface area contributed by atoms with Crippen LogP contribution in [0.2, 0.25) is 0 Å². The van der Waals surface area contributed by atoms with Gasteiger partial charge in [0.15, 0.2) is 5.69 Å². The summed E-state index contributed by atoms with van der Waals surface area (Å²) < 4.78 is 44.1. The second kappa shape index (κ2) is 8.70. The van der Waals surface area contributed by atoms with Crippen LogP contribution in [-0.2, 0) is 19.3 Å². The number of carbonyl (C=O) groups is 1. The van der Waals surface area contributed by atoms with E-state index in [1.807, 2.05) is 30.5 Å². The highest BCUT2D eigenvalue weighted by Gasteiger charge is 2.40. The minimum Gasteiger partial charge on any atom is -0.348 e. The van der Waals surface area contributed by atoms with E-state index >= 15 is 0 Å². The molecule has 4 rings (SSSR count).